The highest BCUT2D eigenvalue weighted by Crippen LogP contribution is 2.33. The molecule has 78 valence electrons. The minimum absolute atomic E-state index is 0.537. The zero-order valence-corrected chi connectivity index (χ0v) is 10.0. The molecule has 2 rings (SSSR count). The highest BCUT2D eigenvalue weighted by molar-refractivity contribution is 7.12. The van der Waals surface area contributed by atoms with Gasteiger partial charge in [0.2, 0.25) is 0 Å². The summed E-state index contributed by atoms with van der Waals surface area (Å²) in [7, 11) is 0. The number of rotatable bonds is 4. The predicted octanol–water partition coefficient (Wildman–Crippen LogP) is 3.37. The van der Waals surface area contributed by atoms with E-state index >= 15 is 0 Å². The molecule has 1 aromatic heterocycles. The summed E-state index contributed by atoms with van der Waals surface area (Å²) in [6.45, 7) is 6.81. The molecule has 1 heterocycles. The Morgan fingerprint density at radius 3 is 2.79 bits per heavy atom. The second-order valence-corrected chi connectivity index (χ2v) is 5.57. The Hall–Kier alpha value is -0.340. The standard InChI is InChI=1S/C12H19NS/c1-4-10-5-6-12(14-10)9(3)13-11-7-8(11)2/h5-6,8-9,11,13H,4,7H2,1-3H3. The number of hydrogen-bond acceptors (Lipinski definition) is 2. The van der Waals surface area contributed by atoms with Gasteiger partial charge in [-0.2, -0.15) is 0 Å². The van der Waals surface area contributed by atoms with Crippen LogP contribution in [0.15, 0.2) is 12.1 Å². The molecule has 3 atom stereocenters. The minimum atomic E-state index is 0.537. The van der Waals surface area contributed by atoms with Crippen molar-refractivity contribution < 1.29 is 0 Å². The molecule has 0 radical (unpaired) electrons. The zero-order valence-electron chi connectivity index (χ0n) is 9.21. The molecule has 1 nitrogen and oxygen atoms in total. The fourth-order valence-electron chi connectivity index (χ4n) is 1.77. The van der Waals surface area contributed by atoms with E-state index in [-0.39, 0.29) is 0 Å². The van der Waals surface area contributed by atoms with Gasteiger partial charge < -0.3 is 5.32 Å². The van der Waals surface area contributed by atoms with Crippen molar-refractivity contribution >= 4 is 11.3 Å². The summed E-state index contributed by atoms with van der Waals surface area (Å²) in [5.74, 6) is 0.892. The molecule has 0 aliphatic heterocycles. The Morgan fingerprint density at radius 1 is 1.57 bits per heavy atom. The molecule has 1 aliphatic rings. The topological polar surface area (TPSA) is 12.0 Å². The van der Waals surface area contributed by atoms with Gasteiger partial charge in [0.1, 0.15) is 0 Å². The normalized spacial score (nSPS) is 27.6. The maximum absolute atomic E-state index is 3.67. The highest BCUT2D eigenvalue weighted by atomic mass is 32.1. The van der Waals surface area contributed by atoms with Crippen LogP contribution in [0.3, 0.4) is 0 Å². The van der Waals surface area contributed by atoms with Crippen LogP contribution >= 0.6 is 11.3 Å². The smallest absolute Gasteiger partial charge is 0.0388 e. The van der Waals surface area contributed by atoms with Crippen LogP contribution < -0.4 is 5.32 Å². The summed E-state index contributed by atoms with van der Waals surface area (Å²) < 4.78 is 0. The lowest BCUT2D eigenvalue weighted by Crippen LogP contribution is -2.21. The fraction of sp³-hybridized carbons (Fsp3) is 0.667. The average molecular weight is 209 g/mol. The maximum atomic E-state index is 3.67. The summed E-state index contributed by atoms with van der Waals surface area (Å²) in [4.78, 5) is 2.98. The van der Waals surface area contributed by atoms with E-state index in [1.807, 2.05) is 11.3 Å². The lowest BCUT2D eigenvalue weighted by atomic mass is 10.2. The van der Waals surface area contributed by atoms with Crippen molar-refractivity contribution in [3.8, 4) is 0 Å². The van der Waals surface area contributed by atoms with Gasteiger partial charge in [0.05, 0.1) is 0 Å². The van der Waals surface area contributed by atoms with Crippen molar-refractivity contribution in [3.63, 3.8) is 0 Å². The average Bonchev–Trinajstić information content (AvgIpc) is 2.72. The number of nitrogens with one attached hydrogen (secondary N) is 1. The van der Waals surface area contributed by atoms with E-state index < -0.39 is 0 Å². The third-order valence-electron chi connectivity index (χ3n) is 3.03. The molecule has 1 fully saturated rings. The Bertz CT molecular complexity index is 305. The van der Waals surface area contributed by atoms with Crippen molar-refractivity contribution in [3.05, 3.63) is 21.9 Å². The zero-order chi connectivity index (χ0) is 10.1. The predicted molar refractivity (Wildman–Crippen MR) is 62.8 cm³/mol. The lowest BCUT2D eigenvalue weighted by Gasteiger charge is -2.11. The summed E-state index contributed by atoms with van der Waals surface area (Å²) in [5.41, 5.74) is 0. The molecule has 2 heteroatoms. The van der Waals surface area contributed by atoms with Crippen LogP contribution in [0, 0.1) is 5.92 Å². The van der Waals surface area contributed by atoms with E-state index in [0.29, 0.717) is 6.04 Å². The second-order valence-electron chi connectivity index (χ2n) is 4.37. The van der Waals surface area contributed by atoms with Crippen LogP contribution in [-0.4, -0.2) is 6.04 Å². The molecule has 0 bridgehead atoms. The van der Waals surface area contributed by atoms with Crippen LogP contribution in [-0.2, 0) is 6.42 Å². The first kappa shape index (κ1) is 10.2. The van der Waals surface area contributed by atoms with E-state index in [0.717, 1.165) is 18.4 Å². The fourth-order valence-corrected chi connectivity index (χ4v) is 2.74. The molecule has 3 unspecified atom stereocenters. The van der Waals surface area contributed by atoms with E-state index in [4.69, 9.17) is 0 Å². The van der Waals surface area contributed by atoms with Crippen molar-refractivity contribution in [1.29, 1.82) is 0 Å². The molecule has 14 heavy (non-hydrogen) atoms. The monoisotopic (exact) mass is 209 g/mol. The molecule has 0 saturated heterocycles. The third kappa shape index (κ3) is 2.18. The summed E-state index contributed by atoms with van der Waals surface area (Å²) in [6, 6.07) is 5.84. The van der Waals surface area contributed by atoms with Gasteiger partial charge in [0.25, 0.3) is 0 Å². The quantitative estimate of drug-likeness (QED) is 0.801. The molecule has 1 N–H and O–H groups in total. The number of aryl methyl sites for hydroxylation is 1. The van der Waals surface area contributed by atoms with Crippen LogP contribution in [0.4, 0.5) is 0 Å². The van der Waals surface area contributed by atoms with Gasteiger partial charge in [0.15, 0.2) is 0 Å². The Morgan fingerprint density at radius 2 is 2.29 bits per heavy atom. The molecular weight excluding hydrogens is 190 g/mol. The van der Waals surface area contributed by atoms with Crippen LogP contribution in [0.25, 0.3) is 0 Å². The summed E-state index contributed by atoms with van der Waals surface area (Å²) in [6.07, 6.45) is 2.52. The molecule has 0 aromatic carbocycles. The Balaban J connectivity index is 1.93. The molecule has 0 spiro atoms. The first-order chi connectivity index (χ1) is 6.70. The summed E-state index contributed by atoms with van der Waals surface area (Å²) >= 11 is 1.95. The van der Waals surface area contributed by atoms with Gasteiger partial charge >= 0.3 is 0 Å². The van der Waals surface area contributed by atoms with Gasteiger partial charge in [-0.3, -0.25) is 0 Å². The van der Waals surface area contributed by atoms with Crippen LogP contribution in [0.1, 0.15) is 43.0 Å². The SMILES string of the molecule is CCc1ccc(C(C)NC2CC2C)s1. The molecular formula is C12H19NS. The van der Waals surface area contributed by atoms with Crippen LogP contribution in [0.5, 0.6) is 0 Å². The molecule has 1 aliphatic carbocycles. The third-order valence-corrected chi connectivity index (χ3v) is 4.44. The number of thiophene rings is 1. The van der Waals surface area contributed by atoms with Crippen molar-refractivity contribution in [2.75, 3.05) is 0 Å². The van der Waals surface area contributed by atoms with Gasteiger partial charge in [-0.05, 0) is 37.8 Å². The van der Waals surface area contributed by atoms with Gasteiger partial charge in [-0.15, -0.1) is 11.3 Å². The van der Waals surface area contributed by atoms with Crippen molar-refractivity contribution in [2.45, 2.75) is 45.7 Å². The molecule has 1 saturated carbocycles. The van der Waals surface area contributed by atoms with Crippen LogP contribution in [0.2, 0.25) is 0 Å². The van der Waals surface area contributed by atoms with E-state index in [2.05, 4.69) is 38.2 Å². The first-order valence-corrected chi connectivity index (χ1v) is 6.37. The second kappa shape index (κ2) is 4.03. The minimum Gasteiger partial charge on any atom is -0.306 e. The van der Waals surface area contributed by atoms with Gasteiger partial charge in [0, 0.05) is 21.8 Å². The number of hydrogen-bond donors (Lipinski definition) is 1. The Labute approximate surface area is 90.5 Å². The first-order valence-electron chi connectivity index (χ1n) is 5.55. The van der Waals surface area contributed by atoms with Crippen molar-refractivity contribution in [1.82, 2.24) is 5.32 Å². The lowest BCUT2D eigenvalue weighted by molar-refractivity contribution is 0.559. The molecule has 0 amide bonds. The van der Waals surface area contributed by atoms with E-state index in [9.17, 15) is 0 Å². The van der Waals surface area contributed by atoms with Gasteiger partial charge in [-0.25, -0.2) is 0 Å². The highest BCUT2D eigenvalue weighted by Gasteiger charge is 2.33. The summed E-state index contributed by atoms with van der Waals surface area (Å²) in [5, 5.41) is 3.67. The van der Waals surface area contributed by atoms with Gasteiger partial charge in [-0.1, -0.05) is 13.8 Å². The maximum Gasteiger partial charge on any atom is 0.0388 e. The van der Waals surface area contributed by atoms with E-state index in [1.54, 1.807) is 0 Å². The largest absolute Gasteiger partial charge is 0.306 e. The van der Waals surface area contributed by atoms with E-state index in [1.165, 1.54) is 16.2 Å². The molecule has 1 aromatic rings. The van der Waals surface area contributed by atoms with Crippen molar-refractivity contribution in [2.24, 2.45) is 5.92 Å². The Kier molecular flexibility index (Phi) is 2.93.